The van der Waals surface area contributed by atoms with Crippen LogP contribution in [0.1, 0.15) is 54.4 Å². The van der Waals surface area contributed by atoms with Crippen LogP contribution in [-0.4, -0.2) is 27.5 Å². The fraction of sp³-hybridized carbons (Fsp3) is 0.500. The molecule has 0 fully saturated rings. The van der Waals surface area contributed by atoms with Crippen molar-refractivity contribution in [2.24, 2.45) is 5.92 Å². The van der Waals surface area contributed by atoms with E-state index in [1.807, 2.05) is 12.3 Å². The zero-order valence-electron chi connectivity index (χ0n) is 16.6. The van der Waals surface area contributed by atoms with Gasteiger partial charge in [-0.25, -0.2) is 9.97 Å². The number of ether oxygens (including phenoxy) is 1. The van der Waals surface area contributed by atoms with E-state index in [0.717, 1.165) is 33.8 Å². The highest BCUT2D eigenvalue weighted by molar-refractivity contribution is 8.01. The summed E-state index contributed by atoms with van der Waals surface area (Å²) in [5, 5.41) is 2.61. The third kappa shape index (κ3) is 4.41. The third-order valence-electron chi connectivity index (χ3n) is 5.01. The van der Waals surface area contributed by atoms with Crippen LogP contribution in [0.3, 0.4) is 0 Å². The van der Waals surface area contributed by atoms with Crippen molar-refractivity contribution < 1.29 is 9.53 Å². The van der Waals surface area contributed by atoms with E-state index in [2.05, 4.69) is 16.9 Å². The average Bonchev–Trinajstić information content (AvgIpc) is 3.25. The molecule has 0 aliphatic heterocycles. The maximum absolute atomic E-state index is 12.8. The summed E-state index contributed by atoms with van der Waals surface area (Å²) in [6.07, 6.45) is 3.31. The van der Waals surface area contributed by atoms with Crippen LogP contribution in [0.15, 0.2) is 14.5 Å². The van der Waals surface area contributed by atoms with Crippen molar-refractivity contribution in [1.82, 2.24) is 15.0 Å². The van der Waals surface area contributed by atoms with Gasteiger partial charge in [0.1, 0.15) is 10.7 Å². The van der Waals surface area contributed by atoms with E-state index in [1.165, 1.54) is 33.5 Å². The molecule has 0 aromatic carbocycles. The summed E-state index contributed by atoms with van der Waals surface area (Å²) in [5.41, 5.74) is 1.87. The Hall–Kier alpha value is -1.71. The lowest BCUT2D eigenvalue weighted by molar-refractivity contribution is -0.142. The number of thioether (sulfide) groups is 1. The number of H-pyrrole nitrogens is 1. The maximum Gasteiger partial charge on any atom is 0.311 e. The second-order valence-corrected chi connectivity index (χ2v) is 10.9. The van der Waals surface area contributed by atoms with Gasteiger partial charge in [0.25, 0.3) is 5.56 Å². The Labute approximate surface area is 181 Å². The number of esters is 1. The van der Waals surface area contributed by atoms with Crippen molar-refractivity contribution >= 4 is 50.6 Å². The molecule has 0 saturated heterocycles. The van der Waals surface area contributed by atoms with Gasteiger partial charge in [-0.15, -0.1) is 22.7 Å². The van der Waals surface area contributed by atoms with Crippen molar-refractivity contribution in [3.8, 4) is 0 Å². The van der Waals surface area contributed by atoms with E-state index >= 15 is 0 Å². The Balaban J connectivity index is 1.53. The smallest absolute Gasteiger partial charge is 0.311 e. The predicted octanol–water partition coefficient (Wildman–Crippen LogP) is 4.52. The molecule has 3 heterocycles. The van der Waals surface area contributed by atoms with Gasteiger partial charge in [-0.2, -0.15) is 0 Å². The van der Waals surface area contributed by atoms with Crippen molar-refractivity contribution in [3.05, 3.63) is 37.7 Å². The fourth-order valence-electron chi connectivity index (χ4n) is 3.55. The Morgan fingerprint density at radius 2 is 2.28 bits per heavy atom. The summed E-state index contributed by atoms with van der Waals surface area (Å²) in [5.74, 6) is 1.06. The van der Waals surface area contributed by atoms with Gasteiger partial charge in [-0.1, -0.05) is 18.7 Å². The molecule has 0 bridgehead atoms. The number of thiophene rings is 1. The van der Waals surface area contributed by atoms with Crippen LogP contribution in [0.25, 0.3) is 10.2 Å². The summed E-state index contributed by atoms with van der Waals surface area (Å²) in [6, 6.07) is 0. The van der Waals surface area contributed by atoms with Gasteiger partial charge in [-0.05, 0) is 44.6 Å². The molecule has 0 spiro atoms. The molecule has 154 valence electrons. The minimum absolute atomic E-state index is 0.0355. The van der Waals surface area contributed by atoms with Crippen LogP contribution in [0.2, 0.25) is 0 Å². The SMILES string of the molecule is CCOC(=O)Cc1csc(SC(C)c2nc3sc4c(c3c(=O)[nH]2)CCC(C)C4)n1. The van der Waals surface area contributed by atoms with E-state index in [4.69, 9.17) is 9.72 Å². The first kappa shape index (κ1) is 20.6. The largest absolute Gasteiger partial charge is 0.466 e. The zero-order chi connectivity index (χ0) is 20.5. The highest BCUT2D eigenvalue weighted by atomic mass is 32.2. The number of thiazole rings is 1. The molecule has 0 saturated carbocycles. The number of nitrogens with zero attached hydrogens (tertiary/aromatic N) is 2. The molecule has 9 heteroatoms. The van der Waals surface area contributed by atoms with E-state index in [9.17, 15) is 9.59 Å². The quantitative estimate of drug-likeness (QED) is 0.440. The summed E-state index contributed by atoms with van der Waals surface area (Å²) in [6.45, 7) is 6.43. The van der Waals surface area contributed by atoms with E-state index in [0.29, 0.717) is 24.0 Å². The average molecular weight is 450 g/mol. The normalized spacial score (nSPS) is 17.3. The van der Waals surface area contributed by atoms with Crippen LogP contribution in [0.4, 0.5) is 0 Å². The molecule has 4 rings (SSSR count). The molecule has 29 heavy (non-hydrogen) atoms. The monoisotopic (exact) mass is 449 g/mol. The summed E-state index contributed by atoms with van der Waals surface area (Å²) < 4.78 is 5.82. The predicted molar refractivity (Wildman–Crippen MR) is 118 cm³/mol. The number of nitrogens with one attached hydrogen (secondary N) is 1. The first-order valence-corrected chi connectivity index (χ1v) is 12.3. The number of hydrogen-bond acceptors (Lipinski definition) is 8. The number of carbonyl (C=O) groups excluding carboxylic acids is 1. The molecule has 1 N–H and O–H groups in total. The Morgan fingerprint density at radius 1 is 1.45 bits per heavy atom. The Bertz CT molecular complexity index is 1100. The highest BCUT2D eigenvalue weighted by Gasteiger charge is 2.24. The highest BCUT2D eigenvalue weighted by Crippen LogP contribution is 2.38. The molecule has 6 nitrogen and oxygen atoms in total. The number of carbonyl (C=O) groups is 1. The first-order chi connectivity index (χ1) is 13.9. The topological polar surface area (TPSA) is 84.9 Å². The third-order valence-corrected chi connectivity index (χ3v) is 8.29. The molecule has 0 amide bonds. The molecule has 1 aliphatic rings. The lowest BCUT2D eigenvalue weighted by atomic mass is 9.89. The molecule has 0 radical (unpaired) electrons. The van der Waals surface area contributed by atoms with Gasteiger partial charge in [0.05, 0.1) is 29.4 Å². The molecule has 3 aromatic rings. The van der Waals surface area contributed by atoms with E-state index in [1.54, 1.807) is 18.3 Å². The van der Waals surface area contributed by atoms with E-state index < -0.39 is 0 Å². The Kier molecular flexibility index (Phi) is 6.08. The standard InChI is InChI=1S/C20H23N3O3S3/c1-4-26-15(24)8-12-9-27-20(21-12)28-11(3)17-22-18(25)16-13-6-5-10(2)7-14(13)29-19(16)23-17/h9-11H,4-8H2,1-3H3,(H,22,23,25). The maximum atomic E-state index is 12.8. The molecule has 2 unspecified atom stereocenters. The second kappa shape index (κ2) is 8.57. The lowest BCUT2D eigenvalue weighted by Gasteiger charge is -2.17. The van der Waals surface area contributed by atoms with Crippen molar-refractivity contribution in [2.75, 3.05) is 6.61 Å². The molecular formula is C20H23N3O3S3. The van der Waals surface area contributed by atoms with Gasteiger partial charge < -0.3 is 9.72 Å². The minimum atomic E-state index is -0.269. The van der Waals surface area contributed by atoms with Crippen LogP contribution in [-0.2, 0) is 28.8 Å². The van der Waals surface area contributed by atoms with Gasteiger partial charge in [0.2, 0.25) is 0 Å². The molecular weight excluding hydrogens is 426 g/mol. The van der Waals surface area contributed by atoms with Crippen molar-refractivity contribution in [2.45, 2.75) is 56.0 Å². The minimum Gasteiger partial charge on any atom is -0.466 e. The first-order valence-electron chi connectivity index (χ1n) is 9.75. The van der Waals surface area contributed by atoms with Gasteiger partial charge >= 0.3 is 5.97 Å². The summed E-state index contributed by atoms with van der Waals surface area (Å²) in [4.78, 5) is 38.9. The molecule has 1 aliphatic carbocycles. The summed E-state index contributed by atoms with van der Waals surface area (Å²) in [7, 11) is 0. The lowest BCUT2D eigenvalue weighted by Crippen LogP contribution is -2.15. The van der Waals surface area contributed by atoms with Crippen molar-refractivity contribution in [3.63, 3.8) is 0 Å². The van der Waals surface area contributed by atoms with Gasteiger partial charge in [-0.3, -0.25) is 9.59 Å². The van der Waals surface area contributed by atoms with Gasteiger partial charge in [0.15, 0.2) is 4.34 Å². The van der Waals surface area contributed by atoms with Crippen molar-refractivity contribution in [1.29, 1.82) is 0 Å². The second-order valence-electron chi connectivity index (χ2n) is 7.33. The summed E-state index contributed by atoms with van der Waals surface area (Å²) >= 11 is 4.69. The molecule has 2 atom stereocenters. The number of aromatic amines is 1. The number of hydrogen-bond donors (Lipinski definition) is 1. The fourth-order valence-corrected chi connectivity index (χ4v) is 6.98. The van der Waals surface area contributed by atoms with Crippen LogP contribution >= 0.6 is 34.4 Å². The van der Waals surface area contributed by atoms with Gasteiger partial charge in [0, 0.05) is 10.3 Å². The number of fused-ring (bicyclic) bond motifs is 3. The Morgan fingerprint density at radius 3 is 3.07 bits per heavy atom. The molecule has 3 aromatic heterocycles. The van der Waals surface area contributed by atoms with Crippen LogP contribution < -0.4 is 5.56 Å². The zero-order valence-corrected chi connectivity index (χ0v) is 19.1. The van der Waals surface area contributed by atoms with E-state index in [-0.39, 0.29) is 23.2 Å². The van der Waals surface area contributed by atoms with Crippen LogP contribution in [0.5, 0.6) is 0 Å². The number of rotatable bonds is 6. The number of aryl methyl sites for hydroxylation is 1. The van der Waals surface area contributed by atoms with Crippen LogP contribution in [0, 0.1) is 5.92 Å². The number of aromatic nitrogens is 3.